The van der Waals surface area contributed by atoms with Crippen LogP contribution in [0.3, 0.4) is 0 Å². The number of hydrogen-bond donors (Lipinski definition) is 1. The zero-order valence-corrected chi connectivity index (χ0v) is 11.9. The van der Waals surface area contributed by atoms with Crippen LogP contribution >= 0.6 is 15.9 Å². The summed E-state index contributed by atoms with van der Waals surface area (Å²) in [5.41, 5.74) is 2.34. The number of carbonyl (C=O) groups is 1. The second-order valence-corrected chi connectivity index (χ2v) is 5.21. The minimum absolute atomic E-state index is 0.137. The first kappa shape index (κ1) is 12.8. The highest BCUT2D eigenvalue weighted by molar-refractivity contribution is 9.10. The predicted molar refractivity (Wildman–Crippen MR) is 78.3 cm³/mol. The number of carboxylic acids is 1. The Morgan fingerprint density at radius 3 is 2.85 bits per heavy atom. The average Bonchev–Trinajstić information content (AvgIpc) is 2.77. The molecule has 0 fully saturated rings. The van der Waals surface area contributed by atoms with E-state index in [1.807, 2.05) is 30.3 Å². The summed E-state index contributed by atoms with van der Waals surface area (Å²) in [7, 11) is 0. The van der Waals surface area contributed by atoms with Crippen LogP contribution in [0.4, 0.5) is 0 Å². The molecule has 100 valence electrons. The molecule has 2 aromatic heterocycles. The van der Waals surface area contributed by atoms with Crippen molar-refractivity contribution < 1.29 is 9.90 Å². The van der Waals surface area contributed by atoms with E-state index >= 15 is 0 Å². The maximum absolute atomic E-state index is 11.1. The van der Waals surface area contributed by atoms with Gasteiger partial charge in [0.05, 0.1) is 11.0 Å². The topological polar surface area (TPSA) is 68.0 Å². The zero-order valence-electron chi connectivity index (χ0n) is 10.3. The lowest BCUT2D eigenvalue weighted by atomic mass is 10.2. The molecule has 0 amide bonds. The van der Waals surface area contributed by atoms with Gasteiger partial charge in [-0.1, -0.05) is 12.1 Å². The molecule has 0 unspecified atom stereocenters. The van der Waals surface area contributed by atoms with E-state index in [0.29, 0.717) is 5.82 Å². The van der Waals surface area contributed by atoms with Gasteiger partial charge in [0, 0.05) is 22.4 Å². The zero-order chi connectivity index (χ0) is 14.1. The van der Waals surface area contributed by atoms with Gasteiger partial charge in [-0.25, -0.2) is 4.98 Å². The third kappa shape index (κ3) is 2.30. The fraction of sp³-hybridized carbons (Fsp3) is 0.0714. The number of benzene rings is 1. The van der Waals surface area contributed by atoms with Gasteiger partial charge in [-0.05, 0) is 34.1 Å². The Balaban J connectivity index is 2.26. The Hall–Kier alpha value is -2.21. The third-order valence-corrected chi connectivity index (χ3v) is 3.34. The van der Waals surface area contributed by atoms with Crippen LogP contribution in [0.25, 0.3) is 22.4 Å². The minimum atomic E-state index is -0.905. The summed E-state index contributed by atoms with van der Waals surface area (Å²) in [6.45, 7) is -0.137. The van der Waals surface area contributed by atoms with Gasteiger partial charge in [0.25, 0.3) is 0 Å². The maximum atomic E-state index is 11.1. The summed E-state index contributed by atoms with van der Waals surface area (Å²) in [6.07, 6.45) is 3.35. The first-order chi connectivity index (χ1) is 9.65. The summed E-state index contributed by atoms with van der Waals surface area (Å²) in [4.78, 5) is 19.7. The van der Waals surface area contributed by atoms with Crippen LogP contribution in [0.2, 0.25) is 0 Å². The van der Waals surface area contributed by atoms with Gasteiger partial charge in [-0.3, -0.25) is 9.78 Å². The number of nitrogens with zero attached hydrogens (tertiary/aromatic N) is 3. The van der Waals surface area contributed by atoms with Gasteiger partial charge >= 0.3 is 5.97 Å². The van der Waals surface area contributed by atoms with Crippen molar-refractivity contribution in [3.05, 3.63) is 47.2 Å². The predicted octanol–water partition coefficient (Wildman–Crippen LogP) is 2.95. The van der Waals surface area contributed by atoms with Crippen molar-refractivity contribution in [2.75, 3.05) is 0 Å². The fourth-order valence-electron chi connectivity index (χ4n) is 2.13. The van der Waals surface area contributed by atoms with Gasteiger partial charge in [0.15, 0.2) is 0 Å². The van der Waals surface area contributed by atoms with Crippen molar-refractivity contribution in [2.24, 2.45) is 0 Å². The number of pyridine rings is 1. The number of carboxylic acid groups (broad SMARTS) is 1. The highest BCUT2D eigenvalue weighted by Crippen LogP contribution is 2.25. The lowest BCUT2D eigenvalue weighted by Gasteiger charge is -2.06. The Morgan fingerprint density at radius 1 is 1.30 bits per heavy atom. The molecule has 2 heterocycles. The monoisotopic (exact) mass is 331 g/mol. The number of fused-ring (bicyclic) bond motifs is 1. The van der Waals surface area contributed by atoms with Crippen LogP contribution < -0.4 is 0 Å². The molecule has 1 aromatic carbocycles. The van der Waals surface area contributed by atoms with E-state index in [2.05, 4.69) is 25.9 Å². The van der Waals surface area contributed by atoms with Gasteiger partial charge < -0.3 is 9.67 Å². The number of halogens is 1. The Labute approximate surface area is 123 Å². The number of aromatic nitrogens is 3. The quantitative estimate of drug-likeness (QED) is 0.801. The molecule has 0 atom stereocenters. The first-order valence-electron chi connectivity index (χ1n) is 5.93. The highest BCUT2D eigenvalue weighted by Gasteiger charge is 2.14. The lowest BCUT2D eigenvalue weighted by molar-refractivity contribution is -0.137. The molecule has 20 heavy (non-hydrogen) atoms. The van der Waals surface area contributed by atoms with Gasteiger partial charge in [-0.15, -0.1) is 0 Å². The van der Waals surface area contributed by atoms with E-state index in [-0.39, 0.29) is 6.54 Å². The second kappa shape index (κ2) is 5.05. The average molecular weight is 332 g/mol. The Morgan fingerprint density at radius 2 is 2.10 bits per heavy atom. The van der Waals surface area contributed by atoms with Crippen molar-refractivity contribution in [2.45, 2.75) is 6.54 Å². The van der Waals surface area contributed by atoms with Gasteiger partial charge in [-0.2, -0.15) is 0 Å². The molecule has 0 aliphatic heterocycles. The molecular weight excluding hydrogens is 322 g/mol. The van der Waals surface area contributed by atoms with Crippen LogP contribution in [0.5, 0.6) is 0 Å². The van der Waals surface area contributed by atoms with Crippen molar-refractivity contribution in [1.29, 1.82) is 0 Å². The van der Waals surface area contributed by atoms with Crippen molar-refractivity contribution in [3.63, 3.8) is 0 Å². The Bertz CT molecular complexity index is 798. The van der Waals surface area contributed by atoms with Crippen LogP contribution in [0, 0.1) is 0 Å². The van der Waals surface area contributed by atoms with Crippen molar-refractivity contribution >= 4 is 32.9 Å². The van der Waals surface area contributed by atoms with Crippen molar-refractivity contribution in [3.8, 4) is 11.4 Å². The van der Waals surface area contributed by atoms with E-state index in [4.69, 9.17) is 5.11 Å². The molecule has 0 spiro atoms. The lowest BCUT2D eigenvalue weighted by Crippen LogP contribution is -2.10. The maximum Gasteiger partial charge on any atom is 0.323 e. The van der Waals surface area contributed by atoms with E-state index in [0.717, 1.165) is 21.1 Å². The Kier molecular flexibility index (Phi) is 3.23. The number of hydrogen-bond acceptors (Lipinski definition) is 3. The number of rotatable bonds is 3. The molecule has 0 aliphatic carbocycles. The fourth-order valence-corrected chi connectivity index (χ4v) is 2.49. The normalized spacial score (nSPS) is 10.8. The van der Waals surface area contributed by atoms with Crippen LogP contribution in [0.15, 0.2) is 47.2 Å². The largest absolute Gasteiger partial charge is 0.480 e. The summed E-state index contributed by atoms with van der Waals surface area (Å²) in [6, 6.07) is 9.34. The SMILES string of the molecule is O=C(O)Cn1c(-c2cncc(Br)c2)nc2ccccc21. The molecule has 0 saturated carbocycles. The smallest absolute Gasteiger partial charge is 0.323 e. The molecule has 0 aliphatic rings. The molecule has 3 rings (SSSR count). The molecule has 5 nitrogen and oxygen atoms in total. The molecule has 0 bridgehead atoms. The second-order valence-electron chi connectivity index (χ2n) is 4.30. The molecular formula is C14H10BrN3O2. The van der Waals surface area contributed by atoms with Crippen LogP contribution in [0.1, 0.15) is 0 Å². The summed E-state index contributed by atoms with van der Waals surface area (Å²) < 4.78 is 2.50. The summed E-state index contributed by atoms with van der Waals surface area (Å²) in [5.74, 6) is -0.306. The van der Waals surface area contributed by atoms with Gasteiger partial charge in [0.2, 0.25) is 0 Å². The summed E-state index contributed by atoms with van der Waals surface area (Å²) in [5, 5.41) is 9.10. The van der Waals surface area contributed by atoms with E-state index in [1.54, 1.807) is 17.0 Å². The molecule has 0 radical (unpaired) electrons. The number of para-hydroxylation sites is 2. The molecule has 3 aromatic rings. The highest BCUT2D eigenvalue weighted by atomic mass is 79.9. The molecule has 1 N–H and O–H groups in total. The van der Waals surface area contributed by atoms with Crippen molar-refractivity contribution in [1.82, 2.24) is 14.5 Å². The van der Waals surface area contributed by atoms with Crippen LogP contribution in [-0.4, -0.2) is 25.6 Å². The standard InChI is InChI=1S/C14H10BrN3O2/c15-10-5-9(6-16-7-10)14-17-11-3-1-2-4-12(11)18(14)8-13(19)20/h1-7H,8H2,(H,19,20). The number of aliphatic carboxylic acids is 1. The third-order valence-electron chi connectivity index (χ3n) is 2.91. The van der Waals surface area contributed by atoms with E-state index in [9.17, 15) is 4.79 Å². The minimum Gasteiger partial charge on any atom is -0.480 e. The first-order valence-corrected chi connectivity index (χ1v) is 6.72. The van der Waals surface area contributed by atoms with Crippen LogP contribution in [-0.2, 0) is 11.3 Å². The van der Waals surface area contributed by atoms with E-state index in [1.165, 1.54) is 0 Å². The molecule has 6 heteroatoms. The molecule has 0 saturated heterocycles. The van der Waals surface area contributed by atoms with E-state index < -0.39 is 5.97 Å². The summed E-state index contributed by atoms with van der Waals surface area (Å²) >= 11 is 3.36. The van der Waals surface area contributed by atoms with Gasteiger partial charge in [0.1, 0.15) is 12.4 Å². The number of imidazole rings is 1.